The summed E-state index contributed by atoms with van der Waals surface area (Å²) in [6.45, 7) is 0. The molecule has 0 saturated heterocycles. The number of amidine groups is 1. The zero-order valence-corrected chi connectivity index (χ0v) is 23.9. The number of alkyl halides is 3. The zero-order valence-electron chi connectivity index (χ0n) is 23.9. The molecule has 0 aliphatic carbocycles. The molecule has 3 aromatic carbocycles. The third kappa shape index (κ3) is 9.23. The molecular formula is C28H30F4N6O6. The zero-order chi connectivity index (χ0) is 33.2. The Morgan fingerprint density at radius 3 is 2.00 bits per heavy atom. The van der Waals surface area contributed by atoms with E-state index >= 15 is 4.39 Å². The van der Waals surface area contributed by atoms with E-state index in [2.05, 4.69) is 16.2 Å². The van der Waals surface area contributed by atoms with Gasteiger partial charge in [0.1, 0.15) is 17.7 Å². The highest BCUT2D eigenvalue weighted by molar-refractivity contribution is 6.01. The molecule has 0 fully saturated rings. The topological polar surface area (TPSA) is 179 Å². The summed E-state index contributed by atoms with van der Waals surface area (Å²) in [4.78, 5) is 36.8. The maximum Gasteiger partial charge on any atom is 0.490 e. The van der Waals surface area contributed by atoms with E-state index in [9.17, 15) is 22.8 Å². The highest BCUT2D eigenvalue weighted by Crippen LogP contribution is 2.34. The molecule has 7 N–H and O–H groups in total. The second kappa shape index (κ2) is 15.1. The van der Waals surface area contributed by atoms with E-state index in [1.165, 1.54) is 20.3 Å². The predicted molar refractivity (Wildman–Crippen MR) is 153 cm³/mol. The Bertz CT molecular complexity index is 1500. The Morgan fingerprint density at radius 1 is 0.955 bits per heavy atom. The van der Waals surface area contributed by atoms with Crippen LogP contribution >= 0.6 is 0 Å². The first-order valence-electron chi connectivity index (χ1n) is 12.4. The molecule has 12 nitrogen and oxygen atoms in total. The lowest BCUT2D eigenvalue weighted by Crippen LogP contribution is -2.46. The van der Waals surface area contributed by atoms with E-state index in [-0.39, 0.29) is 22.9 Å². The molecule has 1 atom stereocenters. The van der Waals surface area contributed by atoms with Gasteiger partial charge in [-0.2, -0.15) is 13.2 Å². The minimum absolute atomic E-state index is 0.0475. The number of carboxylic acids is 1. The van der Waals surface area contributed by atoms with Gasteiger partial charge in [0.05, 0.1) is 19.8 Å². The van der Waals surface area contributed by atoms with Gasteiger partial charge in [-0.05, 0) is 42.5 Å². The van der Waals surface area contributed by atoms with Crippen LogP contribution in [0.3, 0.4) is 0 Å². The van der Waals surface area contributed by atoms with Gasteiger partial charge in [-0.1, -0.05) is 12.1 Å². The van der Waals surface area contributed by atoms with Crippen molar-refractivity contribution in [3.8, 4) is 11.5 Å². The number of nitrogen functional groups attached to an aromatic ring is 1. The number of hydrogen-bond acceptors (Lipinski definition) is 8. The number of carbonyl (C=O) groups is 3. The number of rotatable bonds is 9. The Kier molecular flexibility index (Phi) is 11.9. The molecule has 0 aromatic heterocycles. The molecular weight excluding hydrogens is 592 g/mol. The number of hydrazine groups is 1. The smallest absolute Gasteiger partial charge is 0.490 e. The number of para-hydroxylation sites is 1. The number of benzene rings is 3. The monoisotopic (exact) mass is 622 g/mol. The number of carbonyl (C=O) groups excluding carboxylic acids is 2. The van der Waals surface area contributed by atoms with Gasteiger partial charge >= 0.3 is 12.1 Å². The number of aliphatic carboxylic acids is 1. The second-order valence-electron chi connectivity index (χ2n) is 8.95. The quantitative estimate of drug-likeness (QED) is 0.0903. The molecule has 1 unspecified atom stereocenters. The first kappa shape index (κ1) is 34.7. The van der Waals surface area contributed by atoms with Crippen LogP contribution in [0.25, 0.3) is 0 Å². The lowest BCUT2D eigenvalue weighted by atomic mass is 10.0. The lowest BCUT2D eigenvalue weighted by Gasteiger charge is -2.22. The van der Waals surface area contributed by atoms with E-state index in [1.54, 1.807) is 67.5 Å². The molecule has 0 spiro atoms. The highest BCUT2D eigenvalue weighted by atomic mass is 19.4. The number of hydrogen-bond donors (Lipinski definition) is 6. The van der Waals surface area contributed by atoms with Crippen LogP contribution in [-0.2, 0) is 9.59 Å². The average molecular weight is 623 g/mol. The standard InChI is InChI=1S/C26H29FN6O4.C2HF3O2/c1-33(2)20-8-6-5-7-17(20)25(34)31-32-26(35)23(30-16-11-9-15(10-12-16)24(28)29)18-13-21(36-3)22(37-4)14-19(18)27;3-2(4,5)1(6)7/h5-14,23,30H,1-4H3,(H3,28,29)(H,31,34)(H,32,35);(H,6,7). The molecule has 0 aliphatic rings. The van der Waals surface area contributed by atoms with Crippen LogP contribution in [0.5, 0.6) is 11.5 Å². The van der Waals surface area contributed by atoms with E-state index in [4.69, 9.17) is 30.5 Å². The Morgan fingerprint density at radius 2 is 1.50 bits per heavy atom. The van der Waals surface area contributed by atoms with Crippen LogP contribution in [-0.4, -0.2) is 63.2 Å². The van der Waals surface area contributed by atoms with Crippen molar-refractivity contribution in [2.45, 2.75) is 12.2 Å². The molecule has 3 rings (SSSR count). The fourth-order valence-electron chi connectivity index (χ4n) is 3.60. The molecule has 0 radical (unpaired) electrons. The number of anilines is 2. The molecule has 0 aliphatic heterocycles. The average Bonchev–Trinajstić information content (AvgIpc) is 2.98. The summed E-state index contributed by atoms with van der Waals surface area (Å²) < 4.78 is 57.3. The molecule has 0 saturated carbocycles. The van der Waals surface area contributed by atoms with Crippen LogP contribution in [0.15, 0.2) is 60.7 Å². The van der Waals surface area contributed by atoms with Gasteiger partial charge in [-0.3, -0.25) is 25.8 Å². The summed E-state index contributed by atoms with van der Waals surface area (Å²) in [5.74, 6) is -4.51. The number of halogens is 4. The maximum absolute atomic E-state index is 15.1. The highest BCUT2D eigenvalue weighted by Gasteiger charge is 2.38. The van der Waals surface area contributed by atoms with E-state index < -0.39 is 35.8 Å². The van der Waals surface area contributed by atoms with Crippen molar-refractivity contribution in [3.63, 3.8) is 0 Å². The third-order valence-electron chi connectivity index (χ3n) is 5.76. The summed E-state index contributed by atoms with van der Waals surface area (Å²) in [7, 11) is 6.35. The predicted octanol–water partition coefficient (Wildman–Crippen LogP) is 3.44. The molecule has 3 aromatic rings. The van der Waals surface area contributed by atoms with Gasteiger partial charge in [0.2, 0.25) is 0 Å². The van der Waals surface area contributed by atoms with Crippen LogP contribution in [0.1, 0.15) is 27.5 Å². The van der Waals surface area contributed by atoms with Crippen LogP contribution < -0.4 is 36.3 Å². The number of carboxylic acid groups (broad SMARTS) is 1. The maximum atomic E-state index is 15.1. The lowest BCUT2D eigenvalue weighted by molar-refractivity contribution is -0.192. The summed E-state index contributed by atoms with van der Waals surface area (Å²) in [6.07, 6.45) is -5.08. The summed E-state index contributed by atoms with van der Waals surface area (Å²) >= 11 is 0. The fraction of sp³-hybridized carbons (Fsp3) is 0.214. The number of nitrogens with two attached hydrogens (primary N) is 1. The number of amides is 2. The van der Waals surface area contributed by atoms with Gasteiger partial charge in [-0.15, -0.1) is 0 Å². The van der Waals surface area contributed by atoms with Gasteiger partial charge in [0.15, 0.2) is 11.5 Å². The van der Waals surface area contributed by atoms with Crippen molar-refractivity contribution < 1.29 is 46.5 Å². The first-order valence-corrected chi connectivity index (χ1v) is 12.4. The minimum Gasteiger partial charge on any atom is -0.493 e. The number of ether oxygens (including phenoxy) is 2. The second-order valence-corrected chi connectivity index (χ2v) is 8.95. The van der Waals surface area contributed by atoms with Crippen LogP contribution in [0, 0.1) is 11.2 Å². The largest absolute Gasteiger partial charge is 0.493 e. The van der Waals surface area contributed by atoms with Crippen molar-refractivity contribution >= 4 is 35.0 Å². The van der Waals surface area contributed by atoms with Crippen LogP contribution in [0.4, 0.5) is 28.9 Å². The molecule has 236 valence electrons. The summed E-state index contributed by atoms with van der Waals surface area (Å²) in [5, 5.41) is 17.6. The number of methoxy groups -OCH3 is 2. The normalized spacial score (nSPS) is 11.2. The van der Waals surface area contributed by atoms with Gasteiger partial charge in [0.25, 0.3) is 11.8 Å². The molecule has 2 amide bonds. The molecule has 16 heteroatoms. The third-order valence-corrected chi connectivity index (χ3v) is 5.76. The Hall–Kier alpha value is -5.54. The van der Waals surface area contributed by atoms with Gasteiger partial charge < -0.3 is 30.5 Å². The van der Waals surface area contributed by atoms with Crippen molar-refractivity contribution in [2.75, 3.05) is 38.5 Å². The summed E-state index contributed by atoms with van der Waals surface area (Å²) in [5.41, 5.74) is 12.2. The van der Waals surface area contributed by atoms with E-state index in [1.807, 2.05) is 0 Å². The Labute approximate surface area is 249 Å². The number of nitrogens with one attached hydrogen (secondary N) is 4. The first-order chi connectivity index (χ1) is 20.6. The van der Waals surface area contributed by atoms with Crippen molar-refractivity contribution in [1.29, 1.82) is 5.41 Å². The van der Waals surface area contributed by atoms with Gasteiger partial charge in [-0.25, -0.2) is 9.18 Å². The van der Waals surface area contributed by atoms with Crippen molar-refractivity contribution in [1.82, 2.24) is 10.9 Å². The molecule has 0 bridgehead atoms. The van der Waals surface area contributed by atoms with Crippen molar-refractivity contribution in [3.05, 3.63) is 83.2 Å². The van der Waals surface area contributed by atoms with E-state index in [0.29, 0.717) is 22.5 Å². The minimum atomic E-state index is -5.08. The Balaban J connectivity index is 0.000000860. The molecule has 0 heterocycles. The molecule has 44 heavy (non-hydrogen) atoms. The summed E-state index contributed by atoms with van der Waals surface area (Å²) in [6, 6.07) is 14.4. The van der Waals surface area contributed by atoms with Crippen molar-refractivity contribution in [2.24, 2.45) is 5.73 Å². The van der Waals surface area contributed by atoms with Crippen LogP contribution in [0.2, 0.25) is 0 Å². The number of nitrogens with zero attached hydrogens (tertiary/aromatic N) is 1. The van der Waals surface area contributed by atoms with Gasteiger partial charge in [0, 0.05) is 42.7 Å². The fourth-order valence-corrected chi connectivity index (χ4v) is 3.60. The SMILES string of the molecule is COc1cc(F)c(C(Nc2ccc(C(=N)N)cc2)C(=O)NNC(=O)c2ccccc2N(C)C)cc1OC.O=C(O)C(F)(F)F. The van der Waals surface area contributed by atoms with E-state index in [0.717, 1.165) is 6.07 Å².